The van der Waals surface area contributed by atoms with Crippen LogP contribution in [0.25, 0.3) is 0 Å². The number of hydrogen-bond acceptors (Lipinski definition) is 2. The largest absolute Gasteiger partial charge is 0.382 e. The Bertz CT molecular complexity index is 458. The monoisotopic (exact) mass is 242 g/mol. The lowest BCUT2D eigenvalue weighted by Crippen LogP contribution is -2.30. The summed E-state index contributed by atoms with van der Waals surface area (Å²) in [6.45, 7) is 6.80. The van der Waals surface area contributed by atoms with Crippen LogP contribution in [0, 0.1) is 23.7 Å². The van der Waals surface area contributed by atoms with Crippen molar-refractivity contribution in [3.8, 4) is 6.07 Å². The highest BCUT2D eigenvalue weighted by molar-refractivity contribution is 5.55. The molecule has 1 N–H and O–H groups in total. The first-order valence-electron chi connectivity index (χ1n) is 6.77. The van der Waals surface area contributed by atoms with E-state index in [1.165, 1.54) is 31.2 Å². The zero-order valence-electron chi connectivity index (χ0n) is 11.6. The van der Waals surface area contributed by atoms with E-state index in [9.17, 15) is 0 Å². The van der Waals surface area contributed by atoms with Crippen molar-refractivity contribution in [1.82, 2.24) is 0 Å². The lowest BCUT2D eigenvalue weighted by atomic mass is 9.75. The Labute approximate surface area is 110 Å². The van der Waals surface area contributed by atoms with Crippen LogP contribution in [-0.2, 0) is 0 Å². The number of hydrogen-bond donors (Lipinski definition) is 1. The first-order valence-corrected chi connectivity index (χ1v) is 6.77. The molecule has 1 aliphatic carbocycles. The maximum absolute atomic E-state index is 8.95. The molecule has 0 aromatic heterocycles. The minimum absolute atomic E-state index is 0.502. The van der Waals surface area contributed by atoms with Gasteiger partial charge in [-0.05, 0) is 55.7 Å². The third kappa shape index (κ3) is 3.04. The molecule has 0 amide bonds. The van der Waals surface area contributed by atoms with Crippen LogP contribution in [0.4, 0.5) is 5.69 Å². The molecule has 0 radical (unpaired) electrons. The van der Waals surface area contributed by atoms with E-state index < -0.39 is 0 Å². The van der Waals surface area contributed by atoms with Crippen LogP contribution >= 0.6 is 0 Å². The molecule has 0 saturated heterocycles. The first-order chi connectivity index (χ1) is 8.50. The van der Waals surface area contributed by atoms with Crippen LogP contribution in [0.5, 0.6) is 0 Å². The fourth-order valence-corrected chi connectivity index (χ4v) is 2.61. The Morgan fingerprint density at radius 2 is 1.94 bits per heavy atom. The van der Waals surface area contributed by atoms with Crippen molar-refractivity contribution in [2.75, 3.05) is 5.32 Å². The Kier molecular flexibility index (Phi) is 3.61. The number of nitrogens with one attached hydrogen (secondary N) is 1. The Morgan fingerprint density at radius 1 is 1.28 bits per heavy atom. The molecule has 0 spiro atoms. The summed E-state index contributed by atoms with van der Waals surface area (Å²) >= 11 is 0. The standard InChI is InChI=1S/C16H22N2/c1-12-4-5-13(11-17)10-15(12)18-14-6-8-16(2,3)9-7-14/h4-5,10,14,18H,6-9H2,1-3H3. The molecule has 0 atom stereocenters. The predicted octanol–water partition coefficient (Wildman–Crippen LogP) is 4.25. The lowest BCUT2D eigenvalue weighted by molar-refractivity contribution is 0.232. The van der Waals surface area contributed by atoms with Crippen molar-refractivity contribution < 1.29 is 0 Å². The second-order valence-corrected chi connectivity index (χ2v) is 6.22. The zero-order valence-corrected chi connectivity index (χ0v) is 11.6. The van der Waals surface area contributed by atoms with E-state index in [0.29, 0.717) is 11.5 Å². The highest BCUT2D eigenvalue weighted by Gasteiger charge is 2.26. The van der Waals surface area contributed by atoms with Gasteiger partial charge in [0.15, 0.2) is 0 Å². The predicted molar refractivity (Wildman–Crippen MR) is 75.6 cm³/mol. The average Bonchev–Trinajstić information content (AvgIpc) is 2.34. The molecule has 18 heavy (non-hydrogen) atoms. The molecular formula is C16H22N2. The maximum Gasteiger partial charge on any atom is 0.0992 e. The van der Waals surface area contributed by atoms with E-state index in [4.69, 9.17) is 5.26 Å². The van der Waals surface area contributed by atoms with Crippen LogP contribution in [0.15, 0.2) is 18.2 Å². The summed E-state index contributed by atoms with van der Waals surface area (Å²) in [6, 6.07) is 8.63. The summed E-state index contributed by atoms with van der Waals surface area (Å²) in [5.41, 5.74) is 3.58. The number of nitriles is 1. The van der Waals surface area contributed by atoms with E-state index in [1.54, 1.807) is 0 Å². The second-order valence-electron chi connectivity index (χ2n) is 6.22. The van der Waals surface area contributed by atoms with Gasteiger partial charge in [0.25, 0.3) is 0 Å². The minimum Gasteiger partial charge on any atom is -0.382 e. The van der Waals surface area contributed by atoms with Crippen molar-refractivity contribution in [3.05, 3.63) is 29.3 Å². The Morgan fingerprint density at radius 3 is 2.56 bits per heavy atom. The molecule has 2 nitrogen and oxygen atoms in total. The molecular weight excluding hydrogens is 220 g/mol. The van der Waals surface area contributed by atoms with Crippen molar-refractivity contribution in [3.63, 3.8) is 0 Å². The van der Waals surface area contributed by atoms with Crippen LogP contribution in [0.3, 0.4) is 0 Å². The number of anilines is 1. The molecule has 0 heterocycles. The summed E-state index contributed by atoms with van der Waals surface area (Å²) < 4.78 is 0. The second kappa shape index (κ2) is 5.02. The summed E-state index contributed by atoms with van der Waals surface area (Å²) in [7, 11) is 0. The average molecular weight is 242 g/mol. The fourth-order valence-electron chi connectivity index (χ4n) is 2.61. The SMILES string of the molecule is Cc1ccc(C#N)cc1NC1CCC(C)(C)CC1. The molecule has 1 saturated carbocycles. The van der Waals surface area contributed by atoms with Crippen LogP contribution in [0.1, 0.15) is 50.7 Å². The van der Waals surface area contributed by atoms with Crippen molar-refractivity contribution in [2.24, 2.45) is 5.41 Å². The molecule has 1 aliphatic rings. The van der Waals surface area contributed by atoms with Crippen molar-refractivity contribution >= 4 is 5.69 Å². The number of nitrogens with zero attached hydrogens (tertiary/aromatic N) is 1. The molecule has 0 aliphatic heterocycles. The van der Waals surface area contributed by atoms with E-state index in [1.807, 2.05) is 18.2 Å². The number of rotatable bonds is 2. The molecule has 2 heteroatoms. The van der Waals surface area contributed by atoms with Gasteiger partial charge in [-0.2, -0.15) is 5.26 Å². The summed E-state index contributed by atoms with van der Waals surface area (Å²) in [5.74, 6) is 0. The van der Waals surface area contributed by atoms with Gasteiger partial charge in [0.1, 0.15) is 0 Å². The van der Waals surface area contributed by atoms with Crippen molar-refractivity contribution in [1.29, 1.82) is 5.26 Å². The summed E-state index contributed by atoms with van der Waals surface area (Å²) in [5, 5.41) is 12.6. The Balaban J connectivity index is 2.04. The van der Waals surface area contributed by atoms with Gasteiger partial charge in [0.2, 0.25) is 0 Å². The highest BCUT2D eigenvalue weighted by atomic mass is 14.9. The van der Waals surface area contributed by atoms with E-state index in [0.717, 1.165) is 11.3 Å². The molecule has 1 aromatic carbocycles. The molecule has 96 valence electrons. The fraction of sp³-hybridized carbons (Fsp3) is 0.562. The van der Waals surface area contributed by atoms with Gasteiger partial charge in [0, 0.05) is 11.7 Å². The zero-order chi connectivity index (χ0) is 13.2. The van der Waals surface area contributed by atoms with Gasteiger partial charge in [0.05, 0.1) is 11.6 Å². The molecule has 0 unspecified atom stereocenters. The first kappa shape index (κ1) is 13.0. The highest BCUT2D eigenvalue weighted by Crippen LogP contribution is 2.36. The summed E-state index contributed by atoms with van der Waals surface area (Å²) in [6.07, 6.45) is 5.01. The molecule has 1 fully saturated rings. The van der Waals surface area contributed by atoms with Gasteiger partial charge in [-0.3, -0.25) is 0 Å². The molecule has 2 rings (SSSR count). The van der Waals surface area contributed by atoms with Crippen LogP contribution < -0.4 is 5.32 Å². The van der Waals surface area contributed by atoms with Crippen LogP contribution in [-0.4, -0.2) is 6.04 Å². The third-order valence-electron chi connectivity index (χ3n) is 4.07. The van der Waals surface area contributed by atoms with Gasteiger partial charge >= 0.3 is 0 Å². The van der Waals surface area contributed by atoms with Gasteiger partial charge in [-0.15, -0.1) is 0 Å². The third-order valence-corrected chi connectivity index (χ3v) is 4.07. The lowest BCUT2D eigenvalue weighted by Gasteiger charge is -2.35. The molecule has 1 aromatic rings. The van der Waals surface area contributed by atoms with Crippen molar-refractivity contribution in [2.45, 2.75) is 52.5 Å². The quantitative estimate of drug-likeness (QED) is 0.841. The van der Waals surface area contributed by atoms with Gasteiger partial charge < -0.3 is 5.32 Å². The van der Waals surface area contributed by atoms with E-state index in [-0.39, 0.29) is 0 Å². The van der Waals surface area contributed by atoms with Gasteiger partial charge in [-0.25, -0.2) is 0 Å². The molecule has 0 bridgehead atoms. The minimum atomic E-state index is 0.502. The normalized spacial score (nSPS) is 19.2. The number of benzene rings is 1. The number of aryl methyl sites for hydroxylation is 1. The Hall–Kier alpha value is -1.49. The summed E-state index contributed by atoms with van der Waals surface area (Å²) in [4.78, 5) is 0. The van der Waals surface area contributed by atoms with Crippen LogP contribution in [0.2, 0.25) is 0 Å². The van der Waals surface area contributed by atoms with Gasteiger partial charge in [-0.1, -0.05) is 19.9 Å². The van der Waals surface area contributed by atoms with E-state index >= 15 is 0 Å². The maximum atomic E-state index is 8.95. The topological polar surface area (TPSA) is 35.8 Å². The smallest absolute Gasteiger partial charge is 0.0992 e. The van der Waals surface area contributed by atoms with E-state index in [2.05, 4.69) is 32.2 Å².